The minimum atomic E-state index is 0.625. The highest BCUT2D eigenvalue weighted by Crippen LogP contribution is 2.26. The quantitative estimate of drug-likeness (QED) is 0.514. The van der Waals surface area contributed by atoms with E-state index >= 15 is 0 Å². The van der Waals surface area contributed by atoms with E-state index in [0.29, 0.717) is 4.77 Å². The lowest BCUT2D eigenvalue weighted by Crippen LogP contribution is -1.96. The van der Waals surface area contributed by atoms with Crippen LogP contribution < -0.4 is 0 Å². The first-order valence-corrected chi connectivity index (χ1v) is 7.53. The zero-order valence-electron chi connectivity index (χ0n) is 10.7. The van der Waals surface area contributed by atoms with Crippen LogP contribution in [0.2, 0.25) is 0 Å². The molecule has 0 saturated heterocycles. The van der Waals surface area contributed by atoms with Gasteiger partial charge in [-0.3, -0.25) is 9.55 Å². The van der Waals surface area contributed by atoms with Crippen molar-refractivity contribution in [1.82, 2.24) is 19.5 Å². The molecule has 0 spiro atoms. The summed E-state index contributed by atoms with van der Waals surface area (Å²) in [6, 6.07) is 10.0. The van der Waals surface area contributed by atoms with Crippen molar-refractivity contribution in [3.05, 3.63) is 58.2 Å². The molecule has 4 aromatic rings. The molecule has 0 saturated carbocycles. The summed E-state index contributed by atoms with van der Waals surface area (Å²) in [6.45, 7) is 0. The van der Waals surface area contributed by atoms with Crippen LogP contribution in [0.5, 0.6) is 0 Å². The van der Waals surface area contributed by atoms with Gasteiger partial charge in [0.25, 0.3) is 0 Å². The Morgan fingerprint density at radius 3 is 3.00 bits per heavy atom. The van der Waals surface area contributed by atoms with Crippen LogP contribution in [0, 0.1) is 4.77 Å². The lowest BCUT2D eigenvalue weighted by Gasteiger charge is -2.08. The summed E-state index contributed by atoms with van der Waals surface area (Å²) in [5.74, 6) is 0. The molecule has 21 heavy (non-hydrogen) atoms. The first-order chi connectivity index (χ1) is 10.2. The number of imidazole rings is 1. The van der Waals surface area contributed by atoms with Crippen molar-refractivity contribution >= 4 is 50.1 Å². The summed E-state index contributed by atoms with van der Waals surface area (Å²) in [4.78, 5) is 11.9. The third-order valence-corrected chi connectivity index (χ3v) is 4.11. The summed E-state index contributed by atoms with van der Waals surface area (Å²) >= 11 is 8.91. The maximum absolute atomic E-state index is 5.48. The zero-order chi connectivity index (χ0) is 14.4. The van der Waals surface area contributed by atoms with Gasteiger partial charge in [-0.2, -0.15) is 0 Å². The molecule has 0 aliphatic rings. The number of H-pyrrole nitrogens is 1. The summed E-state index contributed by atoms with van der Waals surface area (Å²) in [5, 5.41) is 2.16. The number of nitrogens with zero attached hydrogens (tertiary/aromatic N) is 3. The monoisotopic (exact) mass is 356 g/mol. The highest BCUT2D eigenvalue weighted by Gasteiger charge is 2.10. The van der Waals surface area contributed by atoms with E-state index in [1.165, 1.54) is 0 Å². The van der Waals surface area contributed by atoms with Crippen molar-refractivity contribution in [3.63, 3.8) is 0 Å². The second-order valence-electron chi connectivity index (χ2n) is 4.66. The van der Waals surface area contributed by atoms with Crippen LogP contribution in [0.3, 0.4) is 0 Å². The maximum Gasteiger partial charge on any atom is 0.184 e. The fourth-order valence-electron chi connectivity index (χ4n) is 2.49. The van der Waals surface area contributed by atoms with Crippen molar-refractivity contribution in [3.8, 4) is 5.69 Å². The van der Waals surface area contributed by atoms with E-state index < -0.39 is 0 Å². The number of nitrogens with one attached hydrogen (secondary N) is 1. The first kappa shape index (κ1) is 12.7. The second-order valence-corrected chi connectivity index (χ2v) is 5.97. The van der Waals surface area contributed by atoms with Gasteiger partial charge in [0.2, 0.25) is 0 Å². The summed E-state index contributed by atoms with van der Waals surface area (Å²) in [5.41, 5.74) is 2.72. The zero-order valence-corrected chi connectivity index (χ0v) is 13.1. The van der Waals surface area contributed by atoms with E-state index in [-0.39, 0.29) is 0 Å². The van der Waals surface area contributed by atoms with E-state index in [9.17, 15) is 0 Å². The largest absolute Gasteiger partial charge is 0.329 e. The molecule has 102 valence electrons. The predicted molar refractivity (Wildman–Crippen MR) is 89.3 cm³/mol. The molecule has 3 heterocycles. The lowest BCUT2D eigenvalue weighted by molar-refractivity contribution is 1.05. The second kappa shape index (κ2) is 4.75. The van der Waals surface area contributed by atoms with Gasteiger partial charge >= 0.3 is 0 Å². The number of pyridine rings is 2. The van der Waals surface area contributed by atoms with Gasteiger partial charge in [0.15, 0.2) is 10.4 Å². The molecule has 0 aliphatic carbocycles. The molecule has 3 aromatic heterocycles. The molecule has 0 bridgehead atoms. The van der Waals surface area contributed by atoms with Crippen LogP contribution in [0.4, 0.5) is 0 Å². The molecule has 1 aromatic carbocycles. The molecular formula is C15H9BrN4S. The van der Waals surface area contributed by atoms with Crippen molar-refractivity contribution in [2.24, 2.45) is 0 Å². The van der Waals surface area contributed by atoms with Gasteiger partial charge in [0.05, 0.1) is 11.2 Å². The molecule has 0 unspecified atom stereocenters. The Hall–Kier alpha value is -2.05. The predicted octanol–water partition coefficient (Wildman–Crippen LogP) is 4.39. The molecule has 4 nitrogen and oxygen atoms in total. The molecule has 0 fully saturated rings. The van der Waals surface area contributed by atoms with E-state index in [0.717, 1.165) is 32.1 Å². The van der Waals surface area contributed by atoms with Gasteiger partial charge < -0.3 is 4.98 Å². The number of rotatable bonds is 1. The molecule has 0 aliphatic heterocycles. The molecule has 1 N–H and O–H groups in total. The number of hydrogen-bond acceptors (Lipinski definition) is 3. The highest BCUT2D eigenvalue weighted by atomic mass is 79.9. The van der Waals surface area contributed by atoms with Crippen molar-refractivity contribution in [2.45, 2.75) is 0 Å². The van der Waals surface area contributed by atoms with Gasteiger partial charge in [-0.1, -0.05) is 12.1 Å². The van der Waals surface area contributed by atoms with E-state index in [1.54, 1.807) is 12.4 Å². The maximum atomic E-state index is 5.48. The Kier molecular flexibility index (Phi) is 2.87. The van der Waals surface area contributed by atoms with Gasteiger partial charge in [0, 0.05) is 33.8 Å². The molecule has 6 heteroatoms. The van der Waals surface area contributed by atoms with Crippen molar-refractivity contribution < 1.29 is 0 Å². The fourth-order valence-corrected chi connectivity index (χ4v) is 3.12. The Labute approximate surface area is 133 Å². The molecule has 4 rings (SSSR count). The summed E-state index contributed by atoms with van der Waals surface area (Å²) in [7, 11) is 0. The Balaban J connectivity index is 2.14. The van der Waals surface area contributed by atoms with Crippen LogP contribution in [-0.4, -0.2) is 19.5 Å². The summed E-state index contributed by atoms with van der Waals surface area (Å²) < 4.78 is 3.50. The number of hydrogen-bond donors (Lipinski definition) is 1. The Bertz CT molecular complexity index is 1030. The minimum Gasteiger partial charge on any atom is -0.329 e. The fraction of sp³-hybridized carbons (Fsp3) is 0. The molecular weight excluding hydrogens is 348 g/mol. The van der Waals surface area contributed by atoms with Crippen LogP contribution in [0.15, 0.2) is 53.4 Å². The van der Waals surface area contributed by atoms with Crippen LogP contribution in [0.25, 0.3) is 27.6 Å². The smallest absolute Gasteiger partial charge is 0.184 e. The standard InChI is InChI=1S/C15H9BrN4S/c16-10-6-12-14(18-8-10)20(15(21)19-12)13-3-1-2-9-7-17-5-4-11(9)13/h1-8H,(H,19,21). The summed E-state index contributed by atoms with van der Waals surface area (Å²) in [6.07, 6.45) is 5.41. The Morgan fingerprint density at radius 2 is 2.10 bits per heavy atom. The Morgan fingerprint density at radius 1 is 1.19 bits per heavy atom. The van der Waals surface area contributed by atoms with Gasteiger partial charge in [0.1, 0.15) is 0 Å². The van der Waals surface area contributed by atoms with Gasteiger partial charge in [-0.25, -0.2) is 4.98 Å². The van der Waals surface area contributed by atoms with Gasteiger partial charge in [-0.15, -0.1) is 0 Å². The molecule has 0 amide bonds. The number of halogens is 1. The SMILES string of the molecule is S=c1[nH]c2cc(Br)cnc2n1-c1cccc2cnccc12. The highest BCUT2D eigenvalue weighted by molar-refractivity contribution is 9.10. The topological polar surface area (TPSA) is 46.5 Å². The normalized spacial score (nSPS) is 11.3. The number of benzene rings is 1. The average Bonchev–Trinajstić information content (AvgIpc) is 2.81. The van der Waals surface area contributed by atoms with Crippen LogP contribution in [0.1, 0.15) is 0 Å². The van der Waals surface area contributed by atoms with Gasteiger partial charge in [-0.05, 0) is 46.3 Å². The molecule has 0 atom stereocenters. The third-order valence-electron chi connectivity index (χ3n) is 3.39. The van der Waals surface area contributed by atoms with Crippen molar-refractivity contribution in [2.75, 3.05) is 0 Å². The van der Waals surface area contributed by atoms with E-state index in [4.69, 9.17) is 12.2 Å². The van der Waals surface area contributed by atoms with Crippen LogP contribution in [-0.2, 0) is 0 Å². The number of aromatic nitrogens is 4. The van der Waals surface area contributed by atoms with Crippen LogP contribution >= 0.6 is 28.1 Å². The number of aromatic amines is 1. The van der Waals surface area contributed by atoms with Crippen molar-refractivity contribution in [1.29, 1.82) is 0 Å². The number of fused-ring (bicyclic) bond motifs is 2. The average molecular weight is 357 g/mol. The first-order valence-electron chi connectivity index (χ1n) is 6.33. The van der Waals surface area contributed by atoms with E-state index in [1.807, 2.05) is 41.1 Å². The third kappa shape index (κ3) is 1.99. The minimum absolute atomic E-state index is 0.625. The van der Waals surface area contributed by atoms with E-state index in [2.05, 4.69) is 30.9 Å². The molecule has 0 radical (unpaired) electrons. The lowest BCUT2D eigenvalue weighted by atomic mass is 10.1.